The molecule has 1 fully saturated rings. The van der Waals surface area contributed by atoms with Gasteiger partial charge in [-0.15, -0.1) is 11.3 Å². The Hall–Kier alpha value is -2.58. The SMILES string of the molecule is C=C(CN(CC)CC)C(=O)CC[C@@H](NC(=O)[C@@H](CC(=O)NC)Cc1nc2ccc(C(C)C)cc2s1)C1CCCC1. The zero-order chi connectivity index (χ0) is 29.2. The average Bonchev–Trinajstić information content (AvgIpc) is 3.62. The van der Waals surface area contributed by atoms with Gasteiger partial charge in [-0.2, -0.15) is 0 Å². The lowest BCUT2D eigenvalue weighted by atomic mass is 9.91. The number of carbonyl (C=O) groups is 3. The van der Waals surface area contributed by atoms with E-state index < -0.39 is 5.92 Å². The first-order chi connectivity index (χ1) is 19.1. The molecule has 0 radical (unpaired) electrons. The van der Waals surface area contributed by atoms with Gasteiger partial charge in [0.25, 0.3) is 0 Å². The van der Waals surface area contributed by atoms with Crippen LogP contribution >= 0.6 is 11.3 Å². The van der Waals surface area contributed by atoms with Gasteiger partial charge in [0, 0.05) is 44.5 Å². The summed E-state index contributed by atoms with van der Waals surface area (Å²) in [6.45, 7) is 14.9. The number of rotatable bonds is 16. The van der Waals surface area contributed by atoms with Crippen molar-refractivity contribution >= 4 is 39.2 Å². The molecule has 1 saturated carbocycles. The number of likely N-dealkylation sites (N-methyl/N-ethyl adjacent to an activating group) is 1. The second-order valence-electron chi connectivity index (χ2n) is 11.5. The van der Waals surface area contributed by atoms with Crippen LogP contribution in [0.4, 0.5) is 0 Å². The largest absolute Gasteiger partial charge is 0.359 e. The number of Topliss-reactive ketones (excluding diaryl/α,β-unsaturated/α-hetero) is 1. The quantitative estimate of drug-likeness (QED) is 0.256. The van der Waals surface area contributed by atoms with Crippen LogP contribution in [0.5, 0.6) is 0 Å². The van der Waals surface area contributed by atoms with E-state index in [0.717, 1.165) is 54.0 Å². The smallest absolute Gasteiger partial charge is 0.224 e. The Morgan fingerprint density at radius 1 is 1.15 bits per heavy atom. The van der Waals surface area contributed by atoms with Crippen molar-refractivity contribution in [3.63, 3.8) is 0 Å². The predicted octanol–water partition coefficient (Wildman–Crippen LogP) is 5.64. The van der Waals surface area contributed by atoms with Crippen molar-refractivity contribution in [2.45, 2.75) is 91.0 Å². The molecule has 2 N–H and O–H groups in total. The molecule has 1 aromatic heterocycles. The summed E-state index contributed by atoms with van der Waals surface area (Å²) in [5, 5.41) is 6.83. The Kier molecular flexibility index (Phi) is 12.3. The van der Waals surface area contributed by atoms with Gasteiger partial charge in [0.05, 0.1) is 21.1 Å². The minimum absolute atomic E-state index is 0.0706. The summed E-state index contributed by atoms with van der Waals surface area (Å²) in [7, 11) is 1.60. The third kappa shape index (κ3) is 8.96. The van der Waals surface area contributed by atoms with E-state index in [1.165, 1.54) is 5.56 Å². The number of hydrogen-bond acceptors (Lipinski definition) is 6. The van der Waals surface area contributed by atoms with Gasteiger partial charge in [-0.1, -0.05) is 53.2 Å². The second kappa shape index (κ2) is 15.4. The van der Waals surface area contributed by atoms with E-state index in [0.29, 0.717) is 43.2 Å². The monoisotopic (exact) mass is 568 g/mol. The fourth-order valence-corrected chi connectivity index (χ4v) is 6.68. The Morgan fingerprint density at radius 2 is 1.85 bits per heavy atom. The molecule has 0 bridgehead atoms. The molecular formula is C32H48N4O3S. The highest BCUT2D eigenvalue weighted by Gasteiger charge is 2.31. The maximum Gasteiger partial charge on any atom is 0.224 e. The first-order valence-corrected chi connectivity index (χ1v) is 15.8. The van der Waals surface area contributed by atoms with E-state index in [2.05, 4.69) is 61.9 Å². The number of aromatic nitrogens is 1. The van der Waals surface area contributed by atoms with Crippen LogP contribution in [-0.4, -0.2) is 60.2 Å². The number of nitrogens with zero attached hydrogens (tertiary/aromatic N) is 2. The molecule has 0 aliphatic heterocycles. The molecule has 2 atom stereocenters. The molecule has 0 unspecified atom stereocenters. The van der Waals surface area contributed by atoms with Gasteiger partial charge < -0.3 is 10.6 Å². The van der Waals surface area contributed by atoms with E-state index in [9.17, 15) is 14.4 Å². The maximum atomic E-state index is 13.7. The highest BCUT2D eigenvalue weighted by molar-refractivity contribution is 7.18. The summed E-state index contributed by atoms with van der Waals surface area (Å²) < 4.78 is 1.10. The fourth-order valence-electron chi connectivity index (χ4n) is 5.58. The van der Waals surface area contributed by atoms with Crippen LogP contribution < -0.4 is 10.6 Å². The number of thiazole rings is 1. The third-order valence-corrected chi connectivity index (χ3v) is 9.35. The standard InChI is InChI=1S/C32H48N4O3S/c1-7-36(8-2)20-22(5)28(37)16-15-26(23-11-9-10-12-23)35-32(39)25(18-30(38)33-6)19-31-34-27-14-13-24(21(3)4)17-29(27)40-31/h13-14,17,21,23,25-26H,5,7-12,15-16,18-20H2,1-4,6H3,(H,33,38)(H,35,39)/t25-,26+/m0/s1. The molecule has 0 spiro atoms. The predicted molar refractivity (Wildman–Crippen MR) is 165 cm³/mol. The van der Waals surface area contributed by atoms with Crippen molar-refractivity contribution in [3.05, 3.63) is 40.9 Å². The number of benzene rings is 1. The summed E-state index contributed by atoms with van der Waals surface area (Å²) >= 11 is 1.60. The van der Waals surface area contributed by atoms with Gasteiger partial charge in [-0.3, -0.25) is 19.3 Å². The number of carbonyl (C=O) groups excluding carboxylic acids is 3. The van der Waals surface area contributed by atoms with Crippen LogP contribution in [-0.2, 0) is 20.8 Å². The third-order valence-electron chi connectivity index (χ3n) is 8.31. The highest BCUT2D eigenvalue weighted by Crippen LogP contribution is 2.31. The summed E-state index contributed by atoms with van der Waals surface area (Å²) in [5.41, 5.74) is 2.82. The Labute approximate surface area is 244 Å². The van der Waals surface area contributed by atoms with E-state index in [4.69, 9.17) is 4.98 Å². The molecule has 220 valence electrons. The number of fused-ring (bicyclic) bond motifs is 1. The maximum absolute atomic E-state index is 13.7. The van der Waals surface area contributed by atoms with Crippen molar-refractivity contribution < 1.29 is 14.4 Å². The lowest BCUT2D eigenvalue weighted by molar-refractivity contribution is -0.131. The normalized spacial score (nSPS) is 15.5. The molecule has 0 saturated heterocycles. The molecule has 1 aliphatic carbocycles. The van der Waals surface area contributed by atoms with E-state index in [-0.39, 0.29) is 30.1 Å². The van der Waals surface area contributed by atoms with Crippen molar-refractivity contribution in [2.24, 2.45) is 11.8 Å². The fraction of sp³-hybridized carbons (Fsp3) is 0.625. The number of nitrogens with one attached hydrogen (secondary N) is 2. The van der Waals surface area contributed by atoms with Crippen LogP contribution in [0, 0.1) is 11.8 Å². The van der Waals surface area contributed by atoms with Gasteiger partial charge in [0.2, 0.25) is 11.8 Å². The van der Waals surface area contributed by atoms with Crippen molar-refractivity contribution in [1.82, 2.24) is 20.5 Å². The Morgan fingerprint density at radius 3 is 2.48 bits per heavy atom. The van der Waals surface area contributed by atoms with Crippen LogP contribution in [0.1, 0.15) is 89.1 Å². The molecule has 7 nitrogen and oxygen atoms in total. The molecule has 1 aromatic carbocycles. The lowest BCUT2D eigenvalue weighted by Gasteiger charge is -2.27. The number of amides is 2. The molecule has 1 aliphatic rings. The highest BCUT2D eigenvalue weighted by atomic mass is 32.1. The first kappa shape index (κ1) is 31.9. The lowest BCUT2D eigenvalue weighted by Crippen LogP contribution is -2.44. The van der Waals surface area contributed by atoms with Crippen molar-refractivity contribution in [3.8, 4) is 0 Å². The molecule has 1 heterocycles. The van der Waals surface area contributed by atoms with Gasteiger partial charge in [-0.25, -0.2) is 4.98 Å². The van der Waals surface area contributed by atoms with Crippen molar-refractivity contribution in [2.75, 3.05) is 26.7 Å². The molecule has 2 aromatic rings. The van der Waals surface area contributed by atoms with Crippen LogP contribution in [0.2, 0.25) is 0 Å². The minimum atomic E-state index is -0.526. The van der Waals surface area contributed by atoms with Crippen LogP contribution in [0.25, 0.3) is 10.2 Å². The van der Waals surface area contributed by atoms with Gasteiger partial charge in [0.15, 0.2) is 5.78 Å². The average molecular weight is 569 g/mol. The van der Waals surface area contributed by atoms with Crippen molar-refractivity contribution in [1.29, 1.82) is 0 Å². The van der Waals surface area contributed by atoms with Crippen LogP contribution in [0.3, 0.4) is 0 Å². The zero-order valence-corrected chi connectivity index (χ0v) is 25.9. The van der Waals surface area contributed by atoms with E-state index in [1.54, 1.807) is 18.4 Å². The minimum Gasteiger partial charge on any atom is -0.359 e. The van der Waals surface area contributed by atoms with Gasteiger partial charge >= 0.3 is 0 Å². The molecule has 40 heavy (non-hydrogen) atoms. The summed E-state index contributed by atoms with van der Waals surface area (Å²) in [6, 6.07) is 6.24. The molecule has 2 amide bonds. The second-order valence-corrected chi connectivity index (χ2v) is 12.6. The van der Waals surface area contributed by atoms with Gasteiger partial charge in [0.1, 0.15) is 0 Å². The van der Waals surface area contributed by atoms with Gasteiger partial charge in [-0.05, 0) is 61.9 Å². The molecule has 8 heteroatoms. The summed E-state index contributed by atoms with van der Waals surface area (Å²) in [6.07, 6.45) is 5.87. The zero-order valence-electron chi connectivity index (χ0n) is 25.1. The summed E-state index contributed by atoms with van der Waals surface area (Å²) in [4.78, 5) is 46.0. The van der Waals surface area contributed by atoms with E-state index >= 15 is 0 Å². The number of hydrogen-bond donors (Lipinski definition) is 2. The first-order valence-electron chi connectivity index (χ1n) is 15.0. The number of ketones is 1. The Bertz CT molecular complexity index is 1160. The summed E-state index contributed by atoms with van der Waals surface area (Å²) in [5.74, 6) is 0.0326. The topological polar surface area (TPSA) is 91.4 Å². The molecule has 3 rings (SSSR count). The van der Waals surface area contributed by atoms with E-state index in [1.807, 2.05) is 6.07 Å². The van der Waals surface area contributed by atoms with Crippen LogP contribution in [0.15, 0.2) is 30.4 Å². The molecular weight excluding hydrogens is 520 g/mol. The Balaban J connectivity index is 1.72.